The van der Waals surface area contributed by atoms with Crippen LogP contribution in [0, 0.1) is 6.92 Å². The molecule has 0 aliphatic carbocycles. The Kier molecular flexibility index (Phi) is 3.13. The van der Waals surface area contributed by atoms with Crippen molar-refractivity contribution in [2.75, 3.05) is 11.4 Å². The molecule has 1 aliphatic heterocycles. The van der Waals surface area contributed by atoms with Crippen molar-refractivity contribution < 1.29 is 0 Å². The highest BCUT2D eigenvalue weighted by molar-refractivity contribution is 5.77. The molecule has 0 radical (unpaired) electrons. The molecule has 0 saturated heterocycles. The molecular weight excluding hydrogens is 306 g/mol. The van der Waals surface area contributed by atoms with Crippen LogP contribution < -0.4 is 16.1 Å². The molecule has 0 N–H and O–H groups in total. The molecule has 7 heteroatoms. The van der Waals surface area contributed by atoms with Crippen LogP contribution in [0.5, 0.6) is 0 Å². The van der Waals surface area contributed by atoms with Crippen molar-refractivity contribution in [3.8, 4) is 0 Å². The van der Waals surface area contributed by atoms with Crippen molar-refractivity contribution >= 4 is 22.8 Å². The minimum absolute atomic E-state index is 0.264. The average molecular weight is 325 g/mol. The first kappa shape index (κ1) is 14.7. The molecule has 24 heavy (non-hydrogen) atoms. The van der Waals surface area contributed by atoms with Gasteiger partial charge in [0.25, 0.3) is 5.56 Å². The zero-order valence-corrected chi connectivity index (χ0v) is 14.0. The molecule has 0 bridgehead atoms. The van der Waals surface area contributed by atoms with Crippen LogP contribution in [0.25, 0.3) is 11.2 Å². The number of aromatic nitrogens is 4. The number of nitrogens with zero attached hydrogens (tertiary/aromatic N) is 5. The summed E-state index contributed by atoms with van der Waals surface area (Å²) in [6.45, 7) is 5.64. The Labute approximate surface area is 138 Å². The minimum Gasteiger partial charge on any atom is -0.310 e. The summed E-state index contributed by atoms with van der Waals surface area (Å²) < 4.78 is 4.63. The number of fused-ring (bicyclic) bond motifs is 3. The molecule has 0 fully saturated rings. The fourth-order valence-corrected chi connectivity index (χ4v) is 3.33. The Balaban J connectivity index is 1.98. The van der Waals surface area contributed by atoms with Crippen LogP contribution in [0.1, 0.15) is 12.5 Å². The molecule has 1 aliphatic rings. The third-order valence-electron chi connectivity index (χ3n) is 4.66. The summed E-state index contributed by atoms with van der Waals surface area (Å²) in [6, 6.07) is 8.21. The van der Waals surface area contributed by atoms with Gasteiger partial charge in [-0.25, -0.2) is 4.79 Å². The van der Waals surface area contributed by atoms with Crippen molar-refractivity contribution in [2.24, 2.45) is 7.05 Å². The summed E-state index contributed by atoms with van der Waals surface area (Å²) in [7, 11) is 1.66. The molecule has 0 unspecified atom stereocenters. The lowest BCUT2D eigenvalue weighted by Crippen LogP contribution is -2.39. The largest absolute Gasteiger partial charge is 0.332 e. The zero-order chi connectivity index (χ0) is 17.0. The molecular formula is C17H19N5O2. The van der Waals surface area contributed by atoms with Crippen molar-refractivity contribution in [1.82, 2.24) is 18.7 Å². The number of anilines is 2. The van der Waals surface area contributed by atoms with Gasteiger partial charge < -0.3 is 9.47 Å². The number of rotatable bonds is 2. The van der Waals surface area contributed by atoms with E-state index < -0.39 is 0 Å². The van der Waals surface area contributed by atoms with Gasteiger partial charge in [-0.1, -0.05) is 17.7 Å². The predicted molar refractivity (Wildman–Crippen MR) is 93.1 cm³/mol. The first-order valence-corrected chi connectivity index (χ1v) is 8.07. The van der Waals surface area contributed by atoms with Crippen LogP contribution in [-0.4, -0.2) is 25.2 Å². The maximum absolute atomic E-state index is 12.7. The van der Waals surface area contributed by atoms with Gasteiger partial charge in [-0.15, -0.1) is 0 Å². The fourth-order valence-electron chi connectivity index (χ4n) is 3.33. The van der Waals surface area contributed by atoms with E-state index in [1.165, 1.54) is 14.7 Å². The van der Waals surface area contributed by atoms with E-state index in [1.807, 2.05) is 23.6 Å². The first-order valence-electron chi connectivity index (χ1n) is 8.07. The van der Waals surface area contributed by atoms with Crippen LogP contribution in [0.2, 0.25) is 0 Å². The van der Waals surface area contributed by atoms with Crippen LogP contribution in [0.15, 0.2) is 33.9 Å². The molecule has 0 spiro atoms. The highest BCUT2D eigenvalue weighted by Gasteiger charge is 2.28. The number of benzene rings is 1. The maximum Gasteiger partial charge on any atom is 0.332 e. The zero-order valence-electron chi connectivity index (χ0n) is 14.0. The van der Waals surface area contributed by atoms with Crippen LogP contribution in [0.4, 0.5) is 11.6 Å². The topological polar surface area (TPSA) is 65.1 Å². The summed E-state index contributed by atoms with van der Waals surface area (Å²) in [5.41, 5.74) is 2.59. The van der Waals surface area contributed by atoms with Crippen molar-refractivity contribution in [3.63, 3.8) is 0 Å². The molecule has 2 aromatic heterocycles. The minimum atomic E-state index is -0.325. The number of aryl methyl sites for hydroxylation is 2. The molecule has 1 aromatic carbocycles. The summed E-state index contributed by atoms with van der Waals surface area (Å²) in [6.07, 6.45) is 0. The third-order valence-corrected chi connectivity index (χ3v) is 4.66. The van der Waals surface area contributed by atoms with Gasteiger partial charge in [-0.2, -0.15) is 4.98 Å². The lowest BCUT2D eigenvalue weighted by molar-refractivity contribution is 0.633. The highest BCUT2D eigenvalue weighted by Crippen LogP contribution is 2.31. The second kappa shape index (κ2) is 5.09. The van der Waals surface area contributed by atoms with E-state index in [9.17, 15) is 9.59 Å². The highest BCUT2D eigenvalue weighted by atomic mass is 16.2. The van der Waals surface area contributed by atoms with Gasteiger partial charge in [0.05, 0.1) is 0 Å². The normalized spacial score (nSPS) is 13.7. The second-order valence-electron chi connectivity index (χ2n) is 6.11. The molecule has 0 atom stereocenters. The average Bonchev–Trinajstić information content (AvgIpc) is 3.13. The van der Waals surface area contributed by atoms with Crippen molar-refractivity contribution in [3.05, 3.63) is 50.7 Å². The fraction of sp³-hybridized carbons (Fsp3) is 0.353. The molecule has 3 heterocycles. The van der Waals surface area contributed by atoms with E-state index in [0.29, 0.717) is 24.3 Å². The first-order chi connectivity index (χ1) is 11.5. The molecule has 7 nitrogen and oxygen atoms in total. The van der Waals surface area contributed by atoms with Gasteiger partial charge in [0.1, 0.15) is 0 Å². The van der Waals surface area contributed by atoms with E-state index in [-0.39, 0.29) is 11.2 Å². The maximum atomic E-state index is 12.7. The van der Waals surface area contributed by atoms with E-state index >= 15 is 0 Å². The summed E-state index contributed by atoms with van der Waals surface area (Å²) in [5.74, 6) is 0.717. The van der Waals surface area contributed by atoms with E-state index in [4.69, 9.17) is 0 Å². The Hall–Kier alpha value is -2.83. The third kappa shape index (κ3) is 1.87. The predicted octanol–water partition coefficient (Wildman–Crippen LogP) is 1.38. The number of hydrogen-bond acceptors (Lipinski definition) is 4. The van der Waals surface area contributed by atoms with Gasteiger partial charge in [-0.3, -0.25) is 13.9 Å². The monoisotopic (exact) mass is 325 g/mol. The number of hydrogen-bond donors (Lipinski definition) is 0. The van der Waals surface area contributed by atoms with E-state index in [2.05, 4.69) is 22.0 Å². The molecule has 0 saturated carbocycles. The molecule has 124 valence electrons. The SMILES string of the molecule is CCn1c(=O)c2c(nc3n2CCN3c2ccc(C)cc2)n(C)c1=O. The van der Waals surface area contributed by atoms with Crippen LogP contribution >= 0.6 is 0 Å². The smallest absolute Gasteiger partial charge is 0.310 e. The molecule has 4 rings (SSSR count). The van der Waals surface area contributed by atoms with Crippen LogP contribution in [0.3, 0.4) is 0 Å². The van der Waals surface area contributed by atoms with Gasteiger partial charge >= 0.3 is 5.69 Å². The van der Waals surface area contributed by atoms with Crippen LogP contribution in [-0.2, 0) is 20.1 Å². The summed E-state index contributed by atoms with van der Waals surface area (Å²) in [5, 5.41) is 0. The Morgan fingerprint density at radius 1 is 1.12 bits per heavy atom. The van der Waals surface area contributed by atoms with E-state index in [1.54, 1.807) is 14.0 Å². The quantitative estimate of drug-likeness (QED) is 0.714. The van der Waals surface area contributed by atoms with Crippen molar-refractivity contribution in [1.29, 1.82) is 0 Å². The molecule has 0 amide bonds. The van der Waals surface area contributed by atoms with Crippen molar-refractivity contribution in [2.45, 2.75) is 26.9 Å². The van der Waals surface area contributed by atoms with Gasteiger partial charge in [0, 0.05) is 32.4 Å². The summed E-state index contributed by atoms with van der Waals surface area (Å²) >= 11 is 0. The second-order valence-corrected chi connectivity index (χ2v) is 6.11. The summed E-state index contributed by atoms with van der Waals surface area (Å²) in [4.78, 5) is 31.7. The Morgan fingerprint density at radius 3 is 2.50 bits per heavy atom. The van der Waals surface area contributed by atoms with Gasteiger partial charge in [-0.05, 0) is 26.0 Å². The molecule has 3 aromatic rings. The van der Waals surface area contributed by atoms with Gasteiger partial charge in [0.2, 0.25) is 5.95 Å². The lowest BCUT2D eigenvalue weighted by atomic mass is 10.2. The Morgan fingerprint density at radius 2 is 1.83 bits per heavy atom. The standard InChI is InChI=1S/C17H19N5O2/c1-4-20-15(23)13-14(19(3)17(20)24)18-16-21(9-10-22(13)16)12-7-5-11(2)6-8-12/h5-8H,4,9-10H2,1-3H3. The van der Waals surface area contributed by atoms with Gasteiger partial charge in [0.15, 0.2) is 11.2 Å². The number of imidazole rings is 1. The lowest BCUT2D eigenvalue weighted by Gasteiger charge is -2.16. The Bertz CT molecular complexity index is 1060. The van der Waals surface area contributed by atoms with E-state index in [0.717, 1.165) is 18.2 Å².